The fraction of sp³-hybridized carbons (Fsp3) is 0.222. The molecule has 1 rings (SSSR count). The number of phenols is 1. The highest BCUT2D eigenvalue weighted by Gasteiger charge is 2.13. The van der Waals surface area contributed by atoms with Gasteiger partial charge >= 0.3 is 5.97 Å². The smallest absolute Gasteiger partial charge is 0.344 e. The quantitative estimate of drug-likeness (QED) is 0.672. The van der Waals surface area contributed by atoms with Crippen LogP contribution in [-0.4, -0.2) is 25.2 Å². The van der Waals surface area contributed by atoms with Gasteiger partial charge in [0.25, 0.3) is 0 Å². The second-order valence-electron chi connectivity index (χ2n) is 3.25. The summed E-state index contributed by atoms with van der Waals surface area (Å²) in [6.07, 6.45) is 0.156. The zero-order valence-electron chi connectivity index (χ0n) is 8.59. The fourth-order valence-electron chi connectivity index (χ4n) is 1.21. The number of benzene rings is 1. The molecule has 0 heterocycles. The Morgan fingerprint density at radius 1 is 1.47 bits per heavy atom. The van der Waals surface area contributed by atoms with E-state index in [4.69, 9.17) is 10.7 Å². The first-order valence-electron chi connectivity index (χ1n) is 4.49. The van der Waals surface area contributed by atoms with Crippen molar-refractivity contribution in [2.75, 3.05) is 5.75 Å². The molecule has 1 N–H and O–H groups in total. The van der Waals surface area contributed by atoms with Crippen LogP contribution in [0, 0.1) is 0 Å². The molecular formula is C9H10ClO5PS. The number of rotatable bonds is 4. The third kappa shape index (κ3) is 4.50. The topological polar surface area (TPSA) is 80.7 Å². The molecule has 0 bridgehead atoms. The third-order valence-electron chi connectivity index (χ3n) is 2.02. The van der Waals surface area contributed by atoms with Crippen molar-refractivity contribution >= 4 is 35.2 Å². The molecule has 0 aliphatic carbocycles. The maximum absolute atomic E-state index is 11.2. The Bertz CT molecular complexity index is 528. The molecule has 0 aromatic heterocycles. The van der Waals surface area contributed by atoms with Crippen molar-refractivity contribution in [3.8, 4) is 5.75 Å². The number of carbonyl (C=O) groups excluding carboxylic acids is 1. The summed E-state index contributed by atoms with van der Waals surface area (Å²) in [7, 11) is 3.27. The molecule has 17 heavy (non-hydrogen) atoms. The molecule has 5 nitrogen and oxygen atoms in total. The van der Waals surface area contributed by atoms with Crippen molar-refractivity contribution < 1.29 is 22.8 Å². The first-order valence-corrected chi connectivity index (χ1v) is 7.44. The lowest BCUT2D eigenvalue weighted by molar-refractivity contribution is 0.0762. The molecule has 1 unspecified atom stereocenters. The molecule has 0 spiro atoms. The molecule has 0 saturated carbocycles. The molecule has 0 radical (unpaired) electrons. The van der Waals surface area contributed by atoms with Gasteiger partial charge in [0.05, 0.1) is 15.2 Å². The molecular weight excluding hydrogens is 287 g/mol. The fourth-order valence-corrected chi connectivity index (χ4v) is 2.04. The van der Waals surface area contributed by atoms with Crippen molar-refractivity contribution in [3.63, 3.8) is 0 Å². The van der Waals surface area contributed by atoms with E-state index < -0.39 is 15.0 Å². The summed E-state index contributed by atoms with van der Waals surface area (Å²) in [5.74, 6) is -1.19. The molecule has 8 heteroatoms. The second-order valence-corrected chi connectivity index (χ2v) is 6.38. The van der Waals surface area contributed by atoms with Crippen LogP contribution in [0.25, 0.3) is 0 Å². The summed E-state index contributed by atoms with van der Waals surface area (Å²) in [6, 6.07) is 4.17. The van der Waals surface area contributed by atoms with Crippen molar-refractivity contribution in [3.05, 3.63) is 29.3 Å². The Hall–Kier alpha value is -0.840. The number of hydrogen-bond donors (Lipinski definition) is 1. The average Bonchev–Trinajstić information content (AvgIpc) is 2.26. The lowest BCUT2D eigenvalue weighted by atomic mass is 10.1. The molecule has 0 aliphatic rings. The summed E-state index contributed by atoms with van der Waals surface area (Å²) in [6.45, 7) is 0. The Morgan fingerprint density at radius 2 is 2.12 bits per heavy atom. The molecule has 0 saturated heterocycles. The normalized spacial score (nSPS) is 11.2. The van der Waals surface area contributed by atoms with Gasteiger partial charge in [-0.15, -0.1) is 0 Å². The third-order valence-corrected chi connectivity index (χ3v) is 3.39. The Labute approximate surface area is 105 Å². The summed E-state index contributed by atoms with van der Waals surface area (Å²) >= 11 is 0. The van der Waals surface area contributed by atoms with Crippen molar-refractivity contribution in [2.24, 2.45) is 0 Å². The summed E-state index contributed by atoms with van der Waals surface area (Å²) in [5.41, 5.74) is 0.543. The SMILES string of the molecule is O=C(OP)c1cc(CCS(=O)(=O)Cl)ccc1O. The molecule has 0 aliphatic heterocycles. The zero-order chi connectivity index (χ0) is 13.1. The van der Waals surface area contributed by atoms with E-state index in [1.165, 1.54) is 18.2 Å². The summed E-state index contributed by atoms with van der Waals surface area (Å²) < 4.78 is 25.9. The highest BCUT2D eigenvalue weighted by molar-refractivity contribution is 8.13. The monoisotopic (exact) mass is 296 g/mol. The van der Waals surface area contributed by atoms with Crippen LogP contribution in [-0.2, 0) is 20.0 Å². The van der Waals surface area contributed by atoms with Crippen LogP contribution in [0.4, 0.5) is 0 Å². The van der Waals surface area contributed by atoms with Gasteiger partial charge in [-0.05, 0) is 24.1 Å². The number of halogens is 1. The van der Waals surface area contributed by atoms with Gasteiger partial charge in [-0.3, -0.25) is 0 Å². The Kier molecular flexibility index (Phi) is 4.74. The van der Waals surface area contributed by atoms with Gasteiger partial charge in [0.2, 0.25) is 9.05 Å². The van der Waals surface area contributed by atoms with Crippen LogP contribution in [0.3, 0.4) is 0 Å². The van der Waals surface area contributed by atoms with E-state index in [0.717, 1.165) is 0 Å². The van der Waals surface area contributed by atoms with Gasteiger partial charge in [0.15, 0.2) is 0 Å². The van der Waals surface area contributed by atoms with Gasteiger partial charge in [0.1, 0.15) is 11.3 Å². The lowest BCUT2D eigenvalue weighted by Crippen LogP contribution is -2.04. The first-order chi connectivity index (χ1) is 7.83. The number of carbonyl (C=O) groups is 1. The lowest BCUT2D eigenvalue weighted by Gasteiger charge is -2.05. The van der Waals surface area contributed by atoms with Crippen molar-refractivity contribution in [2.45, 2.75) is 6.42 Å². The molecule has 1 atom stereocenters. The highest BCUT2D eigenvalue weighted by atomic mass is 35.7. The molecule has 0 fully saturated rings. The molecule has 1 aromatic rings. The van der Waals surface area contributed by atoms with Gasteiger partial charge in [-0.25, -0.2) is 13.2 Å². The van der Waals surface area contributed by atoms with E-state index in [-0.39, 0.29) is 23.5 Å². The van der Waals surface area contributed by atoms with E-state index in [2.05, 4.69) is 4.52 Å². The number of aromatic hydroxyl groups is 1. The zero-order valence-corrected chi connectivity index (χ0v) is 11.3. The maximum atomic E-state index is 11.2. The molecule has 1 aromatic carbocycles. The van der Waals surface area contributed by atoms with Gasteiger partial charge in [-0.2, -0.15) is 0 Å². The Morgan fingerprint density at radius 3 is 2.65 bits per heavy atom. The number of phenolic OH excluding ortho intramolecular Hbond substituents is 1. The summed E-state index contributed by atoms with van der Waals surface area (Å²) in [4.78, 5) is 11.2. The predicted octanol–water partition coefficient (Wildman–Crippen LogP) is 1.45. The Balaban J connectivity index is 2.93. The molecule has 0 amide bonds. The maximum Gasteiger partial charge on any atom is 0.344 e. The highest BCUT2D eigenvalue weighted by Crippen LogP contribution is 2.21. The van der Waals surface area contributed by atoms with E-state index >= 15 is 0 Å². The number of aryl methyl sites for hydroxylation is 1. The summed E-state index contributed by atoms with van der Waals surface area (Å²) in [5, 5.41) is 9.41. The van der Waals surface area contributed by atoms with E-state index in [1.807, 2.05) is 0 Å². The number of hydrogen-bond acceptors (Lipinski definition) is 5. The van der Waals surface area contributed by atoms with Crippen LogP contribution >= 0.6 is 20.1 Å². The standard InChI is InChI=1S/C9H10ClO5PS/c10-17(13,14)4-3-6-1-2-8(11)7(5-6)9(12)15-16/h1-2,5,11H,3-4,16H2. The van der Waals surface area contributed by atoms with E-state index in [0.29, 0.717) is 5.56 Å². The minimum Gasteiger partial charge on any atom is -0.507 e. The van der Waals surface area contributed by atoms with Crippen LogP contribution in [0.1, 0.15) is 15.9 Å². The van der Waals surface area contributed by atoms with Crippen LogP contribution in [0.2, 0.25) is 0 Å². The largest absolute Gasteiger partial charge is 0.507 e. The van der Waals surface area contributed by atoms with Crippen LogP contribution in [0.15, 0.2) is 18.2 Å². The van der Waals surface area contributed by atoms with E-state index in [9.17, 15) is 18.3 Å². The van der Waals surface area contributed by atoms with Crippen LogP contribution < -0.4 is 0 Å². The van der Waals surface area contributed by atoms with Gasteiger partial charge in [-0.1, -0.05) is 6.07 Å². The predicted molar refractivity (Wildman–Crippen MR) is 66.6 cm³/mol. The minimum atomic E-state index is -3.58. The molecule has 94 valence electrons. The van der Waals surface area contributed by atoms with E-state index in [1.54, 1.807) is 9.47 Å². The first kappa shape index (κ1) is 14.2. The van der Waals surface area contributed by atoms with Crippen LogP contribution in [0.5, 0.6) is 5.75 Å². The average molecular weight is 297 g/mol. The van der Waals surface area contributed by atoms with Gasteiger partial charge < -0.3 is 9.63 Å². The minimum absolute atomic E-state index is 0.0236. The second kappa shape index (κ2) is 5.67. The van der Waals surface area contributed by atoms with Gasteiger partial charge in [0, 0.05) is 10.7 Å². The van der Waals surface area contributed by atoms with Crippen molar-refractivity contribution in [1.29, 1.82) is 0 Å². The van der Waals surface area contributed by atoms with Crippen molar-refractivity contribution in [1.82, 2.24) is 0 Å².